The first-order valence-electron chi connectivity index (χ1n) is 8.30. The highest BCUT2D eigenvalue weighted by atomic mass is 32.1. The molecular weight excluding hydrogens is 336 g/mol. The molecule has 1 saturated heterocycles. The molecule has 2 atom stereocenters. The maximum Gasteiger partial charge on any atom is 0.321 e. The third kappa shape index (κ3) is 3.99. The van der Waals surface area contributed by atoms with Crippen molar-refractivity contribution in [3.63, 3.8) is 0 Å². The number of aryl methyl sites for hydroxylation is 2. The van der Waals surface area contributed by atoms with Gasteiger partial charge < -0.3 is 10.2 Å². The van der Waals surface area contributed by atoms with Crippen LogP contribution in [0.2, 0.25) is 0 Å². The number of aromatic nitrogens is 1. The van der Waals surface area contributed by atoms with Gasteiger partial charge in [-0.05, 0) is 26.3 Å². The Morgan fingerprint density at radius 3 is 2.68 bits per heavy atom. The number of hydrogen-bond donors (Lipinski definition) is 2. The fourth-order valence-electron chi connectivity index (χ4n) is 2.96. The molecule has 3 rings (SSSR count). The molecule has 2 aromatic rings. The lowest BCUT2D eigenvalue weighted by Crippen LogP contribution is -2.40. The van der Waals surface area contributed by atoms with Gasteiger partial charge in [-0.3, -0.25) is 10.1 Å². The molecule has 1 fully saturated rings. The summed E-state index contributed by atoms with van der Waals surface area (Å²) in [5.74, 6) is 0.0580. The minimum Gasteiger partial charge on any atom is -0.334 e. The van der Waals surface area contributed by atoms with Gasteiger partial charge in [0.1, 0.15) is 0 Å². The summed E-state index contributed by atoms with van der Waals surface area (Å²) in [6.07, 6.45) is 0.320. The van der Waals surface area contributed by atoms with Crippen molar-refractivity contribution in [2.24, 2.45) is 0 Å². The molecule has 0 saturated carbocycles. The zero-order chi connectivity index (χ0) is 18.0. The summed E-state index contributed by atoms with van der Waals surface area (Å²) in [6, 6.07) is 9.39. The molecule has 2 heterocycles. The number of thiazole rings is 1. The minimum atomic E-state index is -0.319. The summed E-state index contributed by atoms with van der Waals surface area (Å²) in [6.45, 7) is 6.40. The molecule has 0 aliphatic carbocycles. The predicted molar refractivity (Wildman–Crippen MR) is 98.7 cm³/mol. The summed E-state index contributed by atoms with van der Waals surface area (Å²) in [5, 5.41) is 6.20. The Hall–Kier alpha value is -2.41. The number of carbonyl (C=O) groups is 2. The largest absolute Gasteiger partial charge is 0.334 e. The van der Waals surface area contributed by atoms with Crippen molar-refractivity contribution in [2.75, 3.05) is 11.9 Å². The number of nitrogens with zero attached hydrogens (tertiary/aromatic N) is 2. The highest BCUT2D eigenvalue weighted by molar-refractivity contribution is 7.15. The Morgan fingerprint density at radius 2 is 2.04 bits per heavy atom. The molecule has 2 N–H and O–H groups in total. The summed E-state index contributed by atoms with van der Waals surface area (Å²) in [5.41, 5.74) is 2.01. The second-order valence-electron chi connectivity index (χ2n) is 6.29. The molecule has 1 aliphatic heterocycles. The van der Waals surface area contributed by atoms with E-state index in [4.69, 9.17) is 0 Å². The van der Waals surface area contributed by atoms with E-state index in [2.05, 4.69) is 15.6 Å². The molecule has 0 spiro atoms. The molecule has 7 heteroatoms. The number of benzene rings is 1. The van der Waals surface area contributed by atoms with Gasteiger partial charge in [-0.1, -0.05) is 30.3 Å². The van der Waals surface area contributed by atoms with Gasteiger partial charge in [0, 0.05) is 17.8 Å². The van der Waals surface area contributed by atoms with E-state index in [0.717, 1.165) is 16.1 Å². The predicted octanol–water partition coefficient (Wildman–Crippen LogP) is 3.24. The van der Waals surface area contributed by atoms with E-state index in [9.17, 15) is 9.59 Å². The van der Waals surface area contributed by atoms with E-state index < -0.39 is 0 Å². The Morgan fingerprint density at radius 1 is 1.32 bits per heavy atom. The van der Waals surface area contributed by atoms with Gasteiger partial charge in [0.25, 0.3) is 0 Å². The smallest absolute Gasteiger partial charge is 0.321 e. The number of hydrogen-bond acceptors (Lipinski definition) is 4. The number of anilines is 1. The zero-order valence-corrected chi connectivity index (χ0v) is 15.4. The number of nitrogens with one attached hydrogen (secondary N) is 2. The first kappa shape index (κ1) is 17.4. The molecule has 6 nitrogen and oxygen atoms in total. The normalized spacial score (nSPS) is 18.3. The van der Waals surface area contributed by atoms with Crippen molar-refractivity contribution >= 4 is 28.4 Å². The fourth-order valence-corrected chi connectivity index (χ4v) is 3.77. The molecule has 132 valence electrons. The second kappa shape index (κ2) is 7.23. The molecule has 3 amide bonds. The first-order chi connectivity index (χ1) is 11.9. The van der Waals surface area contributed by atoms with Crippen LogP contribution in [0.1, 0.15) is 35.5 Å². The van der Waals surface area contributed by atoms with E-state index in [1.807, 2.05) is 56.0 Å². The topological polar surface area (TPSA) is 74.3 Å². The molecule has 0 radical (unpaired) electrons. The average Bonchev–Trinajstić information content (AvgIpc) is 3.09. The van der Waals surface area contributed by atoms with E-state index >= 15 is 0 Å². The second-order valence-corrected chi connectivity index (χ2v) is 7.50. The quantitative estimate of drug-likeness (QED) is 0.881. The third-order valence-corrected chi connectivity index (χ3v) is 5.48. The third-order valence-electron chi connectivity index (χ3n) is 4.49. The average molecular weight is 358 g/mol. The van der Waals surface area contributed by atoms with Gasteiger partial charge in [0.15, 0.2) is 5.13 Å². The highest BCUT2D eigenvalue weighted by Gasteiger charge is 2.34. The van der Waals surface area contributed by atoms with Crippen molar-refractivity contribution < 1.29 is 9.59 Å². The summed E-state index contributed by atoms with van der Waals surface area (Å²) < 4.78 is 0. The highest BCUT2D eigenvalue weighted by Crippen LogP contribution is 2.26. The molecule has 0 bridgehead atoms. The number of rotatable bonds is 4. The molecule has 2 unspecified atom stereocenters. The van der Waals surface area contributed by atoms with Crippen molar-refractivity contribution in [2.45, 2.75) is 39.3 Å². The lowest BCUT2D eigenvalue weighted by atomic mass is 10.1. The van der Waals surface area contributed by atoms with Crippen LogP contribution in [0.25, 0.3) is 0 Å². The van der Waals surface area contributed by atoms with Gasteiger partial charge in [0.2, 0.25) is 5.91 Å². The maximum atomic E-state index is 12.3. The summed E-state index contributed by atoms with van der Waals surface area (Å²) in [4.78, 5) is 31.7. The fraction of sp³-hybridized carbons (Fsp3) is 0.389. The van der Waals surface area contributed by atoms with Crippen LogP contribution in [0.15, 0.2) is 30.3 Å². The van der Waals surface area contributed by atoms with Gasteiger partial charge in [0.05, 0.1) is 17.8 Å². The Balaban J connectivity index is 1.58. The monoisotopic (exact) mass is 358 g/mol. The van der Waals surface area contributed by atoms with Crippen LogP contribution in [-0.2, 0) is 4.79 Å². The van der Waals surface area contributed by atoms with Crippen LogP contribution in [0, 0.1) is 13.8 Å². The van der Waals surface area contributed by atoms with Gasteiger partial charge in [-0.2, -0.15) is 0 Å². The molecule has 1 aromatic heterocycles. The number of urea groups is 1. The SMILES string of the molecule is Cc1nc(NC(=O)NC2CC(=O)N(C(C)c3ccccc3)C2)sc1C. The van der Waals surface area contributed by atoms with Crippen LogP contribution in [0.3, 0.4) is 0 Å². The van der Waals surface area contributed by atoms with Crippen molar-refractivity contribution in [3.8, 4) is 0 Å². The molecule has 1 aliphatic rings. The maximum absolute atomic E-state index is 12.3. The van der Waals surface area contributed by atoms with Crippen molar-refractivity contribution in [1.82, 2.24) is 15.2 Å². The summed E-state index contributed by atoms with van der Waals surface area (Å²) >= 11 is 1.44. The van der Waals surface area contributed by atoms with E-state index in [-0.39, 0.29) is 24.0 Å². The minimum absolute atomic E-state index is 0.00665. The number of amides is 3. The van der Waals surface area contributed by atoms with Crippen LogP contribution >= 0.6 is 11.3 Å². The first-order valence-corrected chi connectivity index (χ1v) is 9.11. The Kier molecular flexibility index (Phi) is 5.03. The van der Waals surface area contributed by atoms with Gasteiger partial charge >= 0.3 is 6.03 Å². The van der Waals surface area contributed by atoms with Crippen LogP contribution in [0.4, 0.5) is 9.93 Å². The lowest BCUT2D eigenvalue weighted by Gasteiger charge is -2.25. The van der Waals surface area contributed by atoms with Crippen molar-refractivity contribution in [3.05, 3.63) is 46.5 Å². The Bertz CT molecular complexity index is 755. The number of likely N-dealkylation sites (tertiary alicyclic amines) is 1. The van der Waals surface area contributed by atoms with Gasteiger partial charge in [-0.25, -0.2) is 9.78 Å². The zero-order valence-electron chi connectivity index (χ0n) is 14.6. The summed E-state index contributed by atoms with van der Waals surface area (Å²) in [7, 11) is 0. The van der Waals surface area contributed by atoms with E-state index in [1.165, 1.54) is 11.3 Å². The lowest BCUT2D eigenvalue weighted by molar-refractivity contribution is -0.129. The van der Waals surface area contributed by atoms with E-state index in [0.29, 0.717) is 18.1 Å². The molecule has 25 heavy (non-hydrogen) atoms. The van der Waals surface area contributed by atoms with Crippen LogP contribution < -0.4 is 10.6 Å². The van der Waals surface area contributed by atoms with E-state index in [1.54, 1.807) is 0 Å². The van der Waals surface area contributed by atoms with Crippen molar-refractivity contribution in [1.29, 1.82) is 0 Å². The Labute approximate surface area is 151 Å². The molecule has 1 aromatic carbocycles. The van der Waals surface area contributed by atoms with Gasteiger partial charge in [-0.15, -0.1) is 11.3 Å². The van der Waals surface area contributed by atoms with Crippen LogP contribution in [0.5, 0.6) is 0 Å². The van der Waals surface area contributed by atoms with Crippen LogP contribution in [-0.4, -0.2) is 34.4 Å². The molecular formula is C18H22N4O2S. The standard InChI is InChI=1S/C18H22N4O2S/c1-11-13(3)25-18(19-11)21-17(24)20-15-9-16(23)22(10-15)12(2)14-7-5-4-6-8-14/h4-8,12,15H,9-10H2,1-3H3,(H2,19,20,21,24). The number of carbonyl (C=O) groups excluding carboxylic acids is 2.